The van der Waals surface area contributed by atoms with Crippen LogP contribution < -0.4 is 10.1 Å². The zero-order valence-corrected chi connectivity index (χ0v) is 17.8. The number of aryl methyl sites for hydroxylation is 1. The van der Waals surface area contributed by atoms with Gasteiger partial charge in [0.1, 0.15) is 11.5 Å². The van der Waals surface area contributed by atoms with Crippen LogP contribution in [0.2, 0.25) is 0 Å². The third-order valence-electron chi connectivity index (χ3n) is 5.33. The van der Waals surface area contributed by atoms with E-state index in [-0.39, 0.29) is 11.9 Å². The largest absolute Gasteiger partial charge is 0.456 e. The molecule has 1 N–H and O–H groups in total. The van der Waals surface area contributed by atoms with Crippen LogP contribution in [0.25, 0.3) is 6.08 Å². The summed E-state index contributed by atoms with van der Waals surface area (Å²) in [4.78, 5) is 22.7. The van der Waals surface area contributed by atoms with E-state index in [9.17, 15) is 4.79 Å². The van der Waals surface area contributed by atoms with Crippen molar-refractivity contribution >= 4 is 17.8 Å². The van der Waals surface area contributed by atoms with Gasteiger partial charge in [-0.3, -0.25) is 9.97 Å². The first-order valence-electron chi connectivity index (χ1n) is 10.4. The van der Waals surface area contributed by atoms with E-state index in [2.05, 4.69) is 34.4 Å². The fourth-order valence-electron chi connectivity index (χ4n) is 3.62. The summed E-state index contributed by atoms with van der Waals surface area (Å²) in [7, 11) is 0. The van der Waals surface area contributed by atoms with E-state index < -0.39 is 0 Å². The number of hydrogen-bond acceptors (Lipinski definition) is 4. The molecule has 0 saturated carbocycles. The summed E-state index contributed by atoms with van der Waals surface area (Å²) in [6, 6.07) is 15.4. The lowest BCUT2D eigenvalue weighted by Crippen LogP contribution is -2.42. The van der Waals surface area contributed by atoms with Gasteiger partial charge in [-0.2, -0.15) is 0 Å². The number of urea groups is 1. The fourth-order valence-corrected chi connectivity index (χ4v) is 3.62. The van der Waals surface area contributed by atoms with Crippen LogP contribution in [-0.2, 0) is 0 Å². The lowest BCUT2D eigenvalue weighted by molar-refractivity contribution is 0.198. The van der Waals surface area contributed by atoms with Crippen molar-refractivity contribution in [1.29, 1.82) is 0 Å². The highest BCUT2D eigenvalue weighted by atomic mass is 16.5. The van der Waals surface area contributed by atoms with E-state index in [0.29, 0.717) is 18.8 Å². The Balaban J connectivity index is 1.39. The van der Waals surface area contributed by atoms with Crippen LogP contribution in [0.3, 0.4) is 0 Å². The second kappa shape index (κ2) is 9.43. The topological polar surface area (TPSA) is 67.3 Å². The van der Waals surface area contributed by atoms with Gasteiger partial charge in [0.05, 0.1) is 18.1 Å². The Kier molecular flexibility index (Phi) is 6.26. The van der Waals surface area contributed by atoms with Gasteiger partial charge in [-0.15, -0.1) is 0 Å². The molecule has 158 valence electrons. The maximum atomic E-state index is 12.6. The van der Waals surface area contributed by atoms with Gasteiger partial charge < -0.3 is 15.0 Å². The number of nitrogens with one attached hydrogen (secondary N) is 1. The number of benzene rings is 1. The predicted octanol–water partition coefficient (Wildman–Crippen LogP) is 5.53. The summed E-state index contributed by atoms with van der Waals surface area (Å²) < 4.78 is 5.94. The molecule has 0 radical (unpaired) electrons. The van der Waals surface area contributed by atoms with Gasteiger partial charge in [-0.25, -0.2) is 4.79 Å². The van der Waals surface area contributed by atoms with Crippen molar-refractivity contribution < 1.29 is 9.53 Å². The van der Waals surface area contributed by atoms with E-state index in [1.807, 2.05) is 54.3 Å². The van der Waals surface area contributed by atoms with Crippen molar-refractivity contribution in [3.05, 3.63) is 84.0 Å². The molecular weight excluding hydrogens is 388 g/mol. The zero-order valence-electron chi connectivity index (χ0n) is 17.8. The molecule has 1 atom stereocenters. The van der Waals surface area contributed by atoms with Crippen LogP contribution in [0.5, 0.6) is 11.5 Å². The van der Waals surface area contributed by atoms with Crippen molar-refractivity contribution in [3.8, 4) is 11.5 Å². The van der Waals surface area contributed by atoms with Crippen molar-refractivity contribution in [2.75, 3.05) is 18.4 Å². The average Bonchev–Trinajstić information content (AvgIpc) is 2.78. The van der Waals surface area contributed by atoms with Crippen molar-refractivity contribution in [3.63, 3.8) is 0 Å². The first kappa shape index (κ1) is 20.6. The number of hydrogen-bond donors (Lipinski definition) is 1. The molecule has 3 aromatic rings. The number of anilines is 1. The highest BCUT2D eigenvalue weighted by Crippen LogP contribution is 2.28. The van der Waals surface area contributed by atoms with Crippen LogP contribution in [0, 0.1) is 12.8 Å². The lowest BCUT2D eigenvalue weighted by Gasteiger charge is -2.33. The standard InChI is InChI=1S/C25H26N4O2/c1-18-17-29(25(30)28-22-6-4-11-26-15-22)12-10-21(18)13-20-5-3-7-23(14-20)31-24-9-8-19(2)27-16-24/h3-9,11,13-16,18H,10,12,17H2,1-2H3,(H,28,30)/b21-13+. The maximum Gasteiger partial charge on any atom is 0.321 e. The highest BCUT2D eigenvalue weighted by Gasteiger charge is 2.24. The molecule has 6 heteroatoms. The third-order valence-corrected chi connectivity index (χ3v) is 5.33. The molecule has 31 heavy (non-hydrogen) atoms. The molecule has 0 bridgehead atoms. The van der Waals surface area contributed by atoms with Gasteiger partial charge in [-0.05, 0) is 61.2 Å². The van der Waals surface area contributed by atoms with Gasteiger partial charge in [0.25, 0.3) is 0 Å². The minimum absolute atomic E-state index is 0.0824. The monoisotopic (exact) mass is 414 g/mol. The van der Waals surface area contributed by atoms with Crippen LogP contribution >= 0.6 is 0 Å². The third kappa shape index (κ3) is 5.48. The van der Waals surface area contributed by atoms with E-state index in [0.717, 1.165) is 29.2 Å². The Morgan fingerprint density at radius 1 is 1.16 bits per heavy atom. The zero-order chi connectivity index (χ0) is 21.6. The maximum absolute atomic E-state index is 12.6. The molecule has 1 unspecified atom stereocenters. The minimum Gasteiger partial charge on any atom is -0.456 e. The number of aromatic nitrogens is 2. The highest BCUT2D eigenvalue weighted by molar-refractivity contribution is 5.89. The Morgan fingerprint density at radius 2 is 2.06 bits per heavy atom. The second-order valence-electron chi connectivity index (χ2n) is 7.80. The van der Waals surface area contributed by atoms with Crippen LogP contribution in [0.4, 0.5) is 10.5 Å². The van der Waals surface area contributed by atoms with Crippen molar-refractivity contribution in [2.24, 2.45) is 5.92 Å². The second-order valence-corrected chi connectivity index (χ2v) is 7.80. The molecular formula is C25H26N4O2. The number of rotatable bonds is 4. The number of amides is 2. The van der Waals surface area contributed by atoms with E-state index in [4.69, 9.17) is 4.74 Å². The SMILES string of the molecule is Cc1ccc(Oc2cccc(/C=C3\CCN(C(=O)Nc4cccnc4)CC3C)c2)cn1. The Labute approximate surface area is 182 Å². The Hall–Kier alpha value is -3.67. The molecule has 4 rings (SSSR count). The summed E-state index contributed by atoms with van der Waals surface area (Å²) >= 11 is 0. The summed E-state index contributed by atoms with van der Waals surface area (Å²) in [5.41, 5.74) is 4.09. The van der Waals surface area contributed by atoms with Gasteiger partial charge >= 0.3 is 6.03 Å². The summed E-state index contributed by atoms with van der Waals surface area (Å²) in [5, 5.41) is 2.91. The number of likely N-dealkylation sites (tertiary alicyclic amines) is 1. The molecule has 1 aromatic carbocycles. The van der Waals surface area contributed by atoms with E-state index >= 15 is 0 Å². The minimum atomic E-state index is -0.0824. The summed E-state index contributed by atoms with van der Waals surface area (Å²) in [6.45, 7) is 5.48. The van der Waals surface area contributed by atoms with Crippen LogP contribution in [0.15, 0.2) is 72.7 Å². The fraction of sp³-hybridized carbons (Fsp3) is 0.240. The molecule has 0 aliphatic carbocycles. The molecule has 3 heterocycles. The first-order valence-corrected chi connectivity index (χ1v) is 10.4. The molecule has 2 amide bonds. The predicted molar refractivity (Wildman–Crippen MR) is 122 cm³/mol. The smallest absolute Gasteiger partial charge is 0.321 e. The Morgan fingerprint density at radius 3 is 2.81 bits per heavy atom. The van der Waals surface area contributed by atoms with E-state index in [1.54, 1.807) is 18.6 Å². The summed E-state index contributed by atoms with van der Waals surface area (Å²) in [5.74, 6) is 1.77. The molecule has 2 aromatic heterocycles. The van der Waals surface area contributed by atoms with Crippen LogP contribution in [0.1, 0.15) is 24.6 Å². The average molecular weight is 415 g/mol. The van der Waals surface area contributed by atoms with Gasteiger partial charge in [0.15, 0.2) is 0 Å². The normalized spacial score (nSPS) is 17.4. The lowest BCUT2D eigenvalue weighted by atomic mass is 9.91. The van der Waals surface area contributed by atoms with E-state index in [1.165, 1.54) is 5.57 Å². The van der Waals surface area contributed by atoms with Crippen molar-refractivity contribution in [1.82, 2.24) is 14.9 Å². The molecule has 6 nitrogen and oxygen atoms in total. The number of piperidine rings is 1. The Bertz CT molecular complexity index is 1060. The quantitative estimate of drug-likeness (QED) is 0.609. The van der Waals surface area contributed by atoms with Gasteiger partial charge in [0.2, 0.25) is 0 Å². The van der Waals surface area contributed by atoms with Gasteiger partial charge in [-0.1, -0.05) is 30.7 Å². The summed E-state index contributed by atoms with van der Waals surface area (Å²) in [6.07, 6.45) is 8.12. The first-order chi connectivity index (χ1) is 15.1. The molecule has 1 aliphatic heterocycles. The molecule has 0 spiro atoms. The number of pyridine rings is 2. The van der Waals surface area contributed by atoms with Gasteiger partial charge in [0, 0.05) is 25.0 Å². The number of nitrogens with zero attached hydrogens (tertiary/aromatic N) is 3. The van der Waals surface area contributed by atoms with Crippen molar-refractivity contribution in [2.45, 2.75) is 20.3 Å². The molecule has 1 saturated heterocycles. The molecule has 1 fully saturated rings. The van der Waals surface area contributed by atoms with Crippen LogP contribution in [-0.4, -0.2) is 34.0 Å². The number of carbonyl (C=O) groups is 1. The number of ether oxygens (including phenoxy) is 1. The molecule has 1 aliphatic rings. The number of carbonyl (C=O) groups excluding carboxylic acids is 1.